The van der Waals surface area contributed by atoms with Crippen LogP contribution in [0.1, 0.15) is 31.6 Å². The molecule has 1 aromatic heterocycles. The molecule has 1 aromatic rings. The first kappa shape index (κ1) is 14.6. The maximum Gasteiger partial charge on any atom is 0.336 e. The van der Waals surface area contributed by atoms with E-state index in [1.54, 1.807) is 6.07 Å². The Balaban J connectivity index is 2.91. The van der Waals surface area contributed by atoms with Crippen LogP contribution in [-0.2, 0) is 10.2 Å². The molecule has 0 amide bonds. The van der Waals surface area contributed by atoms with Crippen LogP contribution in [0.4, 0.5) is 0 Å². The van der Waals surface area contributed by atoms with Crippen molar-refractivity contribution >= 4 is 34.8 Å². The average molecular weight is 296 g/mol. The Labute approximate surface area is 115 Å². The average Bonchev–Trinajstić information content (AvgIpc) is 2.14. The lowest BCUT2D eigenvalue weighted by Crippen LogP contribution is -2.08. The quantitative estimate of drug-likeness (QED) is 0.612. The second-order valence-electron chi connectivity index (χ2n) is 3.97. The van der Waals surface area contributed by atoms with E-state index in [2.05, 4.69) is 6.08 Å². The van der Waals surface area contributed by atoms with Gasteiger partial charge in [-0.25, -0.2) is 4.79 Å². The van der Waals surface area contributed by atoms with Crippen molar-refractivity contribution in [2.45, 2.75) is 30.5 Å². The van der Waals surface area contributed by atoms with E-state index in [0.717, 1.165) is 12.0 Å². The predicted octanol–water partition coefficient (Wildman–Crippen LogP) is 4.37. The van der Waals surface area contributed by atoms with Crippen molar-refractivity contribution in [2.75, 3.05) is 0 Å². The summed E-state index contributed by atoms with van der Waals surface area (Å²) in [7, 11) is 0. The van der Waals surface area contributed by atoms with Crippen molar-refractivity contribution in [3.63, 3.8) is 0 Å². The molecule has 17 heavy (non-hydrogen) atoms. The highest BCUT2D eigenvalue weighted by atomic mass is 35.6. The Hall–Kier alpha value is -0.440. The maximum atomic E-state index is 11.3. The second-order valence-corrected chi connectivity index (χ2v) is 6.25. The Morgan fingerprint density at radius 2 is 2.00 bits per heavy atom. The number of hydrogen-bond donors (Lipinski definition) is 0. The molecule has 0 unspecified atom stereocenters. The highest BCUT2D eigenvalue weighted by molar-refractivity contribution is 6.66. The van der Waals surface area contributed by atoms with Crippen LogP contribution in [0.5, 0.6) is 0 Å². The second kappa shape index (κ2) is 5.94. The van der Waals surface area contributed by atoms with E-state index in [9.17, 15) is 4.79 Å². The molecular weight excluding hydrogens is 282 g/mol. The van der Waals surface area contributed by atoms with Crippen molar-refractivity contribution in [1.82, 2.24) is 0 Å². The summed E-state index contributed by atoms with van der Waals surface area (Å²) in [5, 5.41) is 0. The third-order valence-electron chi connectivity index (χ3n) is 2.10. The zero-order valence-corrected chi connectivity index (χ0v) is 11.9. The van der Waals surface area contributed by atoms with Crippen molar-refractivity contribution in [1.29, 1.82) is 0 Å². The van der Waals surface area contributed by atoms with Gasteiger partial charge < -0.3 is 4.42 Å². The minimum Gasteiger partial charge on any atom is -0.423 e. The van der Waals surface area contributed by atoms with Gasteiger partial charge in [-0.1, -0.05) is 46.5 Å². The number of allylic oxidation sites excluding steroid dienone is 2. The Morgan fingerprint density at radius 3 is 2.53 bits per heavy atom. The summed E-state index contributed by atoms with van der Waals surface area (Å²) in [6, 6.07) is 3.02. The molecule has 0 aliphatic rings. The van der Waals surface area contributed by atoms with Crippen molar-refractivity contribution in [3.05, 3.63) is 45.5 Å². The molecule has 0 radical (unpaired) electrons. The molecule has 0 atom stereocenters. The third-order valence-corrected chi connectivity index (χ3v) is 2.65. The molecule has 0 saturated carbocycles. The first-order valence-corrected chi connectivity index (χ1v) is 6.27. The van der Waals surface area contributed by atoms with Crippen molar-refractivity contribution in [2.24, 2.45) is 0 Å². The number of aryl methyl sites for hydroxylation is 1. The van der Waals surface area contributed by atoms with Gasteiger partial charge >= 0.3 is 5.63 Å². The van der Waals surface area contributed by atoms with E-state index in [1.165, 1.54) is 11.6 Å². The summed E-state index contributed by atoms with van der Waals surface area (Å²) >= 11 is 17.0. The molecule has 0 bridgehead atoms. The van der Waals surface area contributed by atoms with Gasteiger partial charge in [-0.3, -0.25) is 0 Å². The molecule has 0 fully saturated rings. The molecule has 0 saturated heterocycles. The topological polar surface area (TPSA) is 30.2 Å². The summed E-state index contributed by atoms with van der Waals surface area (Å²) in [5.41, 5.74) is 1.54. The zero-order chi connectivity index (χ0) is 13.1. The van der Waals surface area contributed by atoms with E-state index >= 15 is 0 Å². The number of alkyl halides is 3. The van der Waals surface area contributed by atoms with Gasteiger partial charge in [0, 0.05) is 6.07 Å². The molecule has 0 aliphatic heterocycles. The molecule has 0 N–H and O–H groups in total. The minimum atomic E-state index is -1.70. The fourth-order valence-electron chi connectivity index (χ4n) is 1.34. The third kappa shape index (κ3) is 5.15. The molecule has 1 rings (SSSR count). The molecule has 0 spiro atoms. The van der Waals surface area contributed by atoms with Crippen LogP contribution in [0.3, 0.4) is 0 Å². The van der Waals surface area contributed by atoms with Crippen molar-refractivity contribution in [3.8, 4) is 0 Å². The van der Waals surface area contributed by atoms with E-state index in [0.29, 0.717) is 6.42 Å². The fourth-order valence-corrected chi connectivity index (χ4v) is 1.62. The first-order chi connectivity index (χ1) is 7.79. The Morgan fingerprint density at radius 1 is 1.35 bits per heavy atom. The van der Waals surface area contributed by atoms with Crippen LogP contribution in [0.2, 0.25) is 0 Å². The van der Waals surface area contributed by atoms with Crippen molar-refractivity contribution < 1.29 is 4.42 Å². The van der Waals surface area contributed by atoms with Gasteiger partial charge in [0.1, 0.15) is 0 Å². The van der Waals surface area contributed by atoms with E-state index in [1.807, 2.05) is 13.8 Å². The van der Waals surface area contributed by atoms with Crippen LogP contribution in [0, 0.1) is 0 Å². The van der Waals surface area contributed by atoms with Crippen LogP contribution < -0.4 is 5.63 Å². The van der Waals surface area contributed by atoms with Crippen LogP contribution in [-0.4, -0.2) is 0 Å². The summed E-state index contributed by atoms with van der Waals surface area (Å²) in [6.45, 7) is 4.04. The smallest absolute Gasteiger partial charge is 0.336 e. The number of hydrogen-bond acceptors (Lipinski definition) is 2. The number of halogens is 3. The van der Waals surface area contributed by atoms with E-state index < -0.39 is 9.42 Å². The van der Waals surface area contributed by atoms with Gasteiger partial charge in [0.2, 0.25) is 3.79 Å². The molecular formula is C12H13Cl3O2. The lowest BCUT2D eigenvalue weighted by atomic mass is 10.1. The van der Waals surface area contributed by atoms with Crippen LogP contribution in [0.15, 0.2) is 33.0 Å². The van der Waals surface area contributed by atoms with Crippen LogP contribution in [0.25, 0.3) is 0 Å². The standard InChI is InChI=1S/C12H13Cl3O2/c1-8(2)4-3-5-9-6-10(12(13,14)15)17-11(16)7-9/h4,6-7H,3,5H2,1-2H3. The lowest BCUT2D eigenvalue weighted by Gasteiger charge is -2.10. The van der Waals surface area contributed by atoms with Gasteiger partial charge in [0.15, 0.2) is 5.76 Å². The Kier molecular flexibility index (Phi) is 5.11. The highest BCUT2D eigenvalue weighted by Crippen LogP contribution is 2.37. The molecule has 2 nitrogen and oxygen atoms in total. The maximum absolute atomic E-state index is 11.3. The van der Waals surface area contributed by atoms with Crippen LogP contribution >= 0.6 is 34.8 Å². The minimum absolute atomic E-state index is 0.0576. The number of rotatable bonds is 3. The summed E-state index contributed by atoms with van der Waals surface area (Å²) < 4.78 is 3.14. The molecule has 0 aliphatic carbocycles. The molecule has 0 aromatic carbocycles. The monoisotopic (exact) mass is 294 g/mol. The fraction of sp³-hybridized carbons (Fsp3) is 0.417. The lowest BCUT2D eigenvalue weighted by molar-refractivity contribution is 0.463. The zero-order valence-electron chi connectivity index (χ0n) is 9.60. The van der Waals surface area contributed by atoms with Gasteiger partial charge in [-0.15, -0.1) is 0 Å². The van der Waals surface area contributed by atoms with E-state index in [4.69, 9.17) is 39.2 Å². The Bertz CT molecular complexity index is 465. The molecule has 94 valence electrons. The van der Waals surface area contributed by atoms with E-state index in [-0.39, 0.29) is 5.76 Å². The highest BCUT2D eigenvalue weighted by Gasteiger charge is 2.26. The van der Waals surface area contributed by atoms with Gasteiger partial charge in [0.05, 0.1) is 0 Å². The normalized spacial score (nSPS) is 11.4. The first-order valence-electron chi connectivity index (χ1n) is 5.13. The summed E-state index contributed by atoms with van der Waals surface area (Å²) in [5.74, 6) is 0.0576. The predicted molar refractivity (Wildman–Crippen MR) is 72.0 cm³/mol. The summed E-state index contributed by atoms with van der Waals surface area (Å²) in [6.07, 6.45) is 3.64. The molecule has 1 heterocycles. The molecule has 5 heteroatoms. The van der Waals surface area contributed by atoms with Gasteiger partial charge in [0.25, 0.3) is 0 Å². The SMILES string of the molecule is CC(C)=CCCc1cc(C(Cl)(Cl)Cl)oc(=O)c1. The summed E-state index contributed by atoms with van der Waals surface area (Å²) in [4.78, 5) is 11.3. The van der Waals surface area contributed by atoms with Gasteiger partial charge in [-0.05, 0) is 38.3 Å². The largest absolute Gasteiger partial charge is 0.423 e. The van der Waals surface area contributed by atoms with Gasteiger partial charge in [-0.2, -0.15) is 0 Å².